The highest BCUT2D eigenvalue weighted by Gasteiger charge is 2.49. The number of phenolic OH excluding ortho intramolecular Hbond substituents is 1. The molecule has 0 aromatic heterocycles. The first kappa shape index (κ1) is 15.6. The van der Waals surface area contributed by atoms with Gasteiger partial charge in [0.1, 0.15) is 5.75 Å². The molecule has 3 rings (SSSR count). The minimum absolute atomic E-state index is 0.0952. The van der Waals surface area contributed by atoms with Crippen molar-refractivity contribution in [2.24, 2.45) is 5.41 Å². The van der Waals surface area contributed by atoms with Crippen molar-refractivity contribution in [1.82, 2.24) is 5.32 Å². The first-order valence-electron chi connectivity index (χ1n) is 7.87. The molecule has 1 amide bonds. The van der Waals surface area contributed by atoms with Crippen molar-refractivity contribution in [3.63, 3.8) is 0 Å². The minimum atomic E-state index is -0.551. The molecule has 0 spiro atoms. The molecule has 3 N–H and O–H groups in total. The number of hydrogen-bond acceptors (Lipinski definition) is 3. The predicted molar refractivity (Wildman–Crippen MR) is 87.9 cm³/mol. The summed E-state index contributed by atoms with van der Waals surface area (Å²) in [7, 11) is 0. The average molecular weight is 311 g/mol. The fourth-order valence-electron chi connectivity index (χ4n) is 2.89. The third kappa shape index (κ3) is 3.71. The quantitative estimate of drug-likeness (QED) is 0.768. The molecule has 1 aliphatic rings. The summed E-state index contributed by atoms with van der Waals surface area (Å²) >= 11 is 0. The van der Waals surface area contributed by atoms with Crippen molar-refractivity contribution < 1.29 is 15.0 Å². The van der Waals surface area contributed by atoms with E-state index in [1.54, 1.807) is 18.2 Å². The number of nitrogens with one attached hydrogen (secondary N) is 1. The van der Waals surface area contributed by atoms with E-state index in [1.807, 2.05) is 36.4 Å². The summed E-state index contributed by atoms with van der Waals surface area (Å²) in [6, 6.07) is 16.3. The van der Waals surface area contributed by atoms with Crippen molar-refractivity contribution in [3.8, 4) is 5.75 Å². The maximum atomic E-state index is 12.1. The molecule has 0 aliphatic heterocycles. The molecule has 0 saturated heterocycles. The molecule has 4 nitrogen and oxygen atoms in total. The summed E-state index contributed by atoms with van der Waals surface area (Å²) in [6.45, 7) is 0.473. The van der Waals surface area contributed by atoms with E-state index in [4.69, 9.17) is 0 Å². The van der Waals surface area contributed by atoms with Gasteiger partial charge >= 0.3 is 0 Å². The molecule has 1 saturated carbocycles. The summed E-state index contributed by atoms with van der Waals surface area (Å²) < 4.78 is 0. The van der Waals surface area contributed by atoms with Gasteiger partial charge in [-0.05, 0) is 36.1 Å². The molecule has 0 heterocycles. The topological polar surface area (TPSA) is 69.6 Å². The lowest BCUT2D eigenvalue weighted by Crippen LogP contribution is -2.34. The lowest BCUT2D eigenvalue weighted by atomic mass is 9.92. The Balaban J connectivity index is 1.56. The second kappa shape index (κ2) is 6.42. The van der Waals surface area contributed by atoms with Crippen LogP contribution in [0.15, 0.2) is 54.6 Å². The van der Waals surface area contributed by atoms with Crippen molar-refractivity contribution >= 4 is 5.91 Å². The molecule has 0 radical (unpaired) electrons. The molecule has 2 aromatic carbocycles. The highest BCUT2D eigenvalue weighted by molar-refractivity contribution is 5.78. The smallest absolute Gasteiger partial charge is 0.224 e. The number of amides is 1. The molecule has 0 bridgehead atoms. The van der Waals surface area contributed by atoms with E-state index in [-0.39, 0.29) is 23.5 Å². The van der Waals surface area contributed by atoms with E-state index >= 15 is 0 Å². The number of aliphatic hydroxyl groups excluding tert-OH is 1. The maximum Gasteiger partial charge on any atom is 0.224 e. The monoisotopic (exact) mass is 311 g/mol. The number of rotatable bonds is 6. The van der Waals surface area contributed by atoms with Gasteiger partial charge in [0.15, 0.2) is 0 Å². The van der Waals surface area contributed by atoms with Gasteiger partial charge in [0.05, 0.1) is 12.5 Å². The number of phenols is 1. The van der Waals surface area contributed by atoms with E-state index < -0.39 is 6.10 Å². The Labute approximate surface area is 135 Å². The van der Waals surface area contributed by atoms with E-state index in [9.17, 15) is 15.0 Å². The zero-order valence-corrected chi connectivity index (χ0v) is 12.9. The summed E-state index contributed by atoms with van der Waals surface area (Å²) in [5.41, 5.74) is 1.43. The van der Waals surface area contributed by atoms with Gasteiger partial charge in [-0.3, -0.25) is 4.79 Å². The van der Waals surface area contributed by atoms with Gasteiger partial charge in [-0.25, -0.2) is 0 Å². The highest BCUT2D eigenvalue weighted by atomic mass is 16.3. The molecule has 1 atom stereocenters. The van der Waals surface area contributed by atoms with E-state index in [1.165, 1.54) is 0 Å². The second-order valence-electron chi connectivity index (χ2n) is 6.30. The van der Waals surface area contributed by atoms with Crippen LogP contribution >= 0.6 is 0 Å². The Morgan fingerprint density at radius 1 is 1.13 bits per heavy atom. The Morgan fingerprint density at radius 2 is 1.87 bits per heavy atom. The van der Waals surface area contributed by atoms with Gasteiger partial charge in [-0.2, -0.15) is 0 Å². The standard InChI is InChI=1S/C19H21NO3/c21-16-8-4-5-14(11-16)12-17(22)20-13-19(9-10-19)18(23)15-6-2-1-3-7-15/h1-8,11,18,21,23H,9-10,12-13H2,(H,20,22). The maximum absolute atomic E-state index is 12.1. The van der Waals surface area contributed by atoms with Crippen LogP contribution in [0.5, 0.6) is 5.75 Å². The lowest BCUT2D eigenvalue weighted by Gasteiger charge is -2.23. The molecular formula is C19H21NO3. The Kier molecular flexibility index (Phi) is 4.35. The van der Waals surface area contributed by atoms with Gasteiger partial charge in [0.2, 0.25) is 5.91 Å². The van der Waals surface area contributed by atoms with Gasteiger partial charge < -0.3 is 15.5 Å². The zero-order chi connectivity index (χ0) is 16.3. The Hall–Kier alpha value is -2.33. The molecule has 1 fully saturated rings. The number of carbonyl (C=O) groups excluding carboxylic acids is 1. The SMILES string of the molecule is O=C(Cc1cccc(O)c1)NCC1(C(O)c2ccccc2)CC1. The minimum Gasteiger partial charge on any atom is -0.508 e. The first-order chi connectivity index (χ1) is 11.1. The largest absolute Gasteiger partial charge is 0.508 e. The number of aromatic hydroxyl groups is 1. The molecular weight excluding hydrogens is 290 g/mol. The Bertz CT molecular complexity index is 680. The molecule has 2 aromatic rings. The van der Waals surface area contributed by atoms with Crippen molar-refractivity contribution in [2.75, 3.05) is 6.54 Å². The normalized spacial score (nSPS) is 16.6. The van der Waals surface area contributed by atoms with Crippen LogP contribution in [0.3, 0.4) is 0 Å². The van der Waals surface area contributed by atoms with Crippen LogP contribution in [0, 0.1) is 5.41 Å². The van der Waals surface area contributed by atoms with Crippen molar-refractivity contribution in [2.45, 2.75) is 25.4 Å². The summed E-state index contributed by atoms with van der Waals surface area (Å²) in [6.07, 6.45) is 1.50. The van der Waals surface area contributed by atoms with Crippen molar-refractivity contribution in [3.05, 3.63) is 65.7 Å². The summed E-state index contributed by atoms with van der Waals surface area (Å²) in [5, 5.41) is 22.9. The summed E-state index contributed by atoms with van der Waals surface area (Å²) in [4.78, 5) is 12.1. The van der Waals surface area contributed by atoms with E-state index in [2.05, 4.69) is 5.32 Å². The van der Waals surface area contributed by atoms with Gasteiger partial charge in [0, 0.05) is 12.0 Å². The second-order valence-corrected chi connectivity index (χ2v) is 6.30. The van der Waals surface area contributed by atoms with Crippen LogP contribution < -0.4 is 5.32 Å². The lowest BCUT2D eigenvalue weighted by molar-refractivity contribution is -0.120. The van der Waals surface area contributed by atoms with Crippen LogP contribution in [0.2, 0.25) is 0 Å². The van der Waals surface area contributed by atoms with Gasteiger partial charge in [-0.1, -0.05) is 42.5 Å². The van der Waals surface area contributed by atoms with Crippen LogP contribution in [-0.2, 0) is 11.2 Å². The molecule has 23 heavy (non-hydrogen) atoms. The number of hydrogen-bond donors (Lipinski definition) is 3. The van der Waals surface area contributed by atoms with Crippen LogP contribution in [0.25, 0.3) is 0 Å². The van der Waals surface area contributed by atoms with Gasteiger partial charge in [0.25, 0.3) is 0 Å². The van der Waals surface area contributed by atoms with Gasteiger partial charge in [-0.15, -0.1) is 0 Å². The summed E-state index contributed by atoms with van der Waals surface area (Å²) in [5.74, 6) is 0.0654. The molecule has 1 aliphatic carbocycles. The molecule has 1 unspecified atom stereocenters. The first-order valence-corrected chi connectivity index (χ1v) is 7.87. The van der Waals surface area contributed by atoms with E-state index in [0.29, 0.717) is 6.54 Å². The Morgan fingerprint density at radius 3 is 2.52 bits per heavy atom. The average Bonchev–Trinajstić information content (AvgIpc) is 3.34. The third-order valence-corrected chi connectivity index (χ3v) is 4.50. The number of benzene rings is 2. The number of aliphatic hydroxyl groups is 1. The van der Waals surface area contributed by atoms with E-state index in [0.717, 1.165) is 24.0 Å². The fourth-order valence-corrected chi connectivity index (χ4v) is 2.89. The zero-order valence-electron chi connectivity index (χ0n) is 12.9. The van der Waals surface area contributed by atoms with Crippen LogP contribution in [0.1, 0.15) is 30.1 Å². The number of carbonyl (C=O) groups is 1. The molecule has 120 valence electrons. The van der Waals surface area contributed by atoms with Crippen LogP contribution in [0.4, 0.5) is 0 Å². The highest BCUT2D eigenvalue weighted by Crippen LogP contribution is 2.54. The van der Waals surface area contributed by atoms with Crippen molar-refractivity contribution in [1.29, 1.82) is 0 Å². The fraction of sp³-hybridized carbons (Fsp3) is 0.316. The third-order valence-electron chi connectivity index (χ3n) is 4.50. The predicted octanol–water partition coefficient (Wildman–Crippen LogP) is 2.56. The molecule has 4 heteroatoms. The van der Waals surface area contributed by atoms with Crippen LogP contribution in [-0.4, -0.2) is 22.7 Å².